The van der Waals surface area contributed by atoms with E-state index in [0.717, 1.165) is 63.7 Å². The smallest absolute Gasteiger partial charge is 0.224 e. The van der Waals surface area contributed by atoms with E-state index in [0.29, 0.717) is 13.0 Å². The molecule has 3 rings (SSSR count). The maximum Gasteiger partial charge on any atom is 0.224 e. The fourth-order valence-corrected chi connectivity index (χ4v) is 3.84. The third kappa shape index (κ3) is 4.30. The Bertz CT molecular complexity index is 627. The van der Waals surface area contributed by atoms with Crippen LogP contribution in [-0.4, -0.2) is 80.6 Å². The van der Waals surface area contributed by atoms with Gasteiger partial charge in [-0.25, -0.2) is 0 Å². The van der Waals surface area contributed by atoms with Crippen molar-refractivity contribution in [3.63, 3.8) is 0 Å². The first-order chi connectivity index (χ1) is 12.6. The van der Waals surface area contributed by atoms with Crippen molar-refractivity contribution in [2.45, 2.75) is 26.3 Å². The number of ether oxygens (including phenoxy) is 2. The minimum Gasteiger partial charge on any atom is -0.493 e. The first-order valence-corrected chi connectivity index (χ1v) is 9.60. The van der Waals surface area contributed by atoms with Crippen molar-refractivity contribution in [1.29, 1.82) is 0 Å². The van der Waals surface area contributed by atoms with Crippen molar-refractivity contribution < 1.29 is 14.3 Å². The highest BCUT2D eigenvalue weighted by Crippen LogP contribution is 2.33. The van der Waals surface area contributed by atoms with Gasteiger partial charge in [-0.1, -0.05) is 6.92 Å². The number of fused-ring (bicyclic) bond motifs is 1. The second-order valence-corrected chi connectivity index (χ2v) is 7.07. The molecule has 0 spiro atoms. The maximum absolute atomic E-state index is 12.7. The fourth-order valence-electron chi connectivity index (χ4n) is 3.84. The average Bonchev–Trinajstić information content (AvgIpc) is 2.70. The standard InChI is InChI=1S/C20H31N3O3/c1-4-21-9-11-22(12-10-21)7-6-20(24)23-8-5-16-13-18(25-2)19(26-3)14-17(16)15-23/h13-14H,4-12,15H2,1-3H3. The zero-order chi connectivity index (χ0) is 18.5. The Kier molecular flexibility index (Phi) is 6.38. The molecule has 0 saturated carbocycles. The van der Waals surface area contributed by atoms with E-state index in [4.69, 9.17) is 9.47 Å². The molecule has 0 bridgehead atoms. The quantitative estimate of drug-likeness (QED) is 0.770. The third-order valence-electron chi connectivity index (χ3n) is 5.62. The molecule has 1 aromatic rings. The molecule has 0 atom stereocenters. The van der Waals surface area contributed by atoms with Crippen LogP contribution in [0.4, 0.5) is 0 Å². The summed E-state index contributed by atoms with van der Waals surface area (Å²) in [6.45, 7) is 10.0. The molecule has 0 aromatic heterocycles. The second kappa shape index (κ2) is 8.73. The number of methoxy groups -OCH3 is 2. The summed E-state index contributed by atoms with van der Waals surface area (Å²) in [5.41, 5.74) is 2.42. The van der Waals surface area contributed by atoms with E-state index < -0.39 is 0 Å². The first-order valence-electron chi connectivity index (χ1n) is 9.60. The molecule has 6 heteroatoms. The lowest BCUT2D eigenvalue weighted by Crippen LogP contribution is -2.47. The number of rotatable bonds is 6. The van der Waals surface area contributed by atoms with Gasteiger partial charge < -0.3 is 24.2 Å². The van der Waals surface area contributed by atoms with Gasteiger partial charge in [0.05, 0.1) is 14.2 Å². The number of hydrogen-bond acceptors (Lipinski definition) is 5. The molecule has 0 unspecified atom stereocenters. The Balaban J connectivity index is 1.54. The first kappa shape index (κ1) is 19.0. The molecule has 0 aliphatic carbocycles. The predicted molar refractivity (Wildman–Crippen MR) is 102 cm³/mol. The van der Waals surface area contributed by atoms with E-state index in [9.17, 15) is 4.79 Å². The lowest BCUT2D eigenvalue weighted by Gasteiger charge is -2.34. The van der Waals surface area contributed by atoms with Gasteiger partial charge >= 0.3 is 0 Å². The largest absolute Gasteiger partial charge is 0.493 e. The normalized spacial score (nSPS) is 18.5. The number of piperazine rings is 1. The molecule has 2 aliphatic heterocycles. The summed E-state index contributed by atoms with van der Waals surface area (Å²) >= 11 is 0. The van der Waals surface area contributed by atoms with E-state index in [1.807, 2.05) is 17.0 Å². The van der Waals surface area contributed by atoms with E-state index in [2.05, 4.69) is 16.7 Å². The molecular weight excluding hydrogens is 330 g/mol. The fraction of sp³-hybridized carbons (Fsp3) is 0.650. The molecule has 6 nitrogen and oxygen atoms in total. The Labute approximate surface area is 156 Å². The zero-order valence-electron chi connectivity index (χ0n) is 16.3. The number of amides is 1. The zero-order valence-corrected chi connectivity index (χ0v) is 16.3. The third-order valence-corrected chi connectivity index (χ3v) is 5.62. The maximum atomic E-state index is 12.7. The van der Waals surface area contributed by atoms with Crippen molar-refractivity contribution in [2.75, 3.05) is 60.0 Å². The summed E-state index contributed by atoms with van der Waals surface area (Å²) in [4.78, 5) is 19.5. The minimum absolute atomic E-state index is 0.253. The molecule has 1 aromatic carbocycles. The SMILES string of the molecule is CCN1CCN(CCC(=O)N2CCc3cc(OC)c(OC)cc3C2)CC1. The molecule has 144 valence electrons. The van der Waals surface area contributed by atoms with E-state index in [-0.39, 0.29) is 5.91 Å². The lowest BCUT2D eigenvalue weighted by molar-refractivity contribution is -0.132. The predicted octanol–water partition coefficient (Wildman–Crippen LogP) is 1.62. The average molecular weight is 361 g/mol. The summed E-state index contributed by atoms with van der Waals surface area (Å²) in [5, 5.41) is 0. The Morgan fingerprint density at radius 1 is 0.962 bits per heavy atom. The van der Waals surface area contributed by atoms with Crippen LogP contribution < -0.4 is 9.47 Å². The number of nitrogens with zero attached hydrogens (tertiary/aromatic N) is 3. The molecule has 1 amide bonds. The van der Waals surface area contributed by atoms with E-state index in [1.165, 1.54) is 11.1 Å². The number of hydrogen-bond donors (Lipinski definition) is 0. The van der Waals surface area contributed by atoms with Gasteiger partial charge in [-0.3, -0.25) is 4.79 Å². The summed E-state index contributed by atoms with van der Waals surface area (Å²) in [5.74, 6) is 1.75. The van der Waals surface area contributed by atoms with Crippen molar-refractivity contribution >= 4 is 5.91 Å². The van der Waals surface area contributed by atoms with Gasteiger partial charge in [0.15, 0.2) is 11.5 Å². The monoisotopic (exact) mass is 361 g/mol. The van der Waals surface area contributed by atoms with Crippen LogP contribution in [-0.2, 0) is 17.8 Å². The molecule has 0 radical (unpaired) electrons. The van der Waals surface area contributed by atoms with Gasteiger partial charge in [-0.2, -0.15) is 0 Å². The van der Waals surface area contributed by atoms with Crippen molar-refractivity contribution in [3.05, 3.63) is 23.3 Å². The van der Waals surface area contributed by atoms with Crippen LogP contribution in [0.2, 0.25) is 0 Å². The summed E-state index contributed by atoms with van der Waals surface area (Å²) in [6.07, 6.45) is 1.48. The van der Waals surface area contributed by atoms with Gasteiger partial charge in [0.1, 0.15) is 0 Å². The molecular formula is C20H31N3O3. The van der Waals surface area contributed by atoms with Crippen LogP contribution in [0.3, 0.4) is 0 Å². The minimum atomic E-state index is 0.253. The summed E-state index contributed by atoms with van der Waals surface area (Å²) in [6, 6.07) is 4.06. The Hall–Kier alpha value is -1.79. The van der Waals surface area contributed by atoms with Crippen molar-refractivity contribution in [2.24, 2.45) is 0 Å². The van der Waals surface area contributed by atoms with Gasteiger partial charge in [0.2, 0.25) is 5.91 Å². The second-order valence-electron chi connectivity index (χ2n) is 7.07. The van der Waals surface area contributed by atoms with Crippen LogP contribution >= 0.6 is 0 Å². The number of carbonyl (C=O) groups excluding carboxylic acids is 1. The van der Waals surface area contributed by atoms with Crippen LogP contribution in [0.15, 0.2) is 12.1 Å². The molecule has 2 heterocycles. The summed E-state index contributed by atoms with van der Waals surface area (Å²) in [7, 11) is 3.30. The molecule has 1 saturated heterocycles. The molecule has 0 N–H and O–H groups in total. The van der Waals surface area contributed by atoms with Crippen LogP contribution in [0.1, 0.15) is 24.5 Å². The van der Waals surface area contributed by atoms with Crippen LogP contribution in [0.5, 0.6) is 11.5 Å². The highest BCUT2D eigenvalue weighted by atomic mass is 16.5. The number of likely N-dealkylation sites (N-methyl/N-ethyl adjacent to an activating group) is 1. The van der Waals surface area contributed by atoms with Gasteiger partial charge in [-0.05, 0) is 36.2 Å². The highest BCUT2D eigenvalue weighted by Gasteiger charge is 2.24. The van der Waals surface area contributed by atoms with Crippen LogP contribution in [0, 0.1) is 0 Å². The van der Waals surface area contributed by atoms with Gasteiger partial charge in [0.25, 0.3) is 0 Å². The number of carbonyl (C=O) groups is 1. The Morgan fingerprint density at radius 2 is 1.58 bits per heavy atom. The number of benzene rings is 1. The van der Waals surface area contributed by atoms with Gasteiger partial charge in [0, 0.05) is 52.2 Å². The van der Waals surface area contributed by atoms with Crippen molar-refractivity contribution in [3.8, 4) is 11.5 Å². The van der Waals surface area contributed by atoms with Crippen molar-refractivity contribution in [1.82, 2.24) is 14.7 Å². The van der Waals surface area contributed by atoms with Gasteiger partial charge in [-0.15, -0.1) is 0 Å². The highest BCUT2D eigenvalue weighted by molar-refractivity contribution is 5.76. The van der Waals surface area contributed by atoms with E-state index >= 15 is 0 Å². The molecule has 1 fully saturated rings. The topological polar surface area (TPSA) is 45.2 Å². The molecule has 26 heavy (non-hydrogen) atoms. The van der Waals surface area contributed by atoms with E-state index in [1.54, 1.807) is 14.2 Å². The van der Waals surface area contributed by atoms with Crippen LogP contribution in [0.25, 0.3) is 0 Å². The summed E-state index contributed by atoms with van der Waals surface area (Å²) < 4.78 is 10.8. The molecule has 2 aliphatic rings. The lowest BCUT2D eigenvalue weighted by atomic mass is 9.98. The Morgan fingerprint density at radius 3 is 2.19 bits per heavy atom.